The van der Waals surface area contributed by atoms with Gasteiger partial charge in [-0.05, 0) is 42.2 Å². The van der Waals surface area contributed by atoms with Crippen LogP contribution in [-0.2, 0) is 9.59 Å². The van der Waals surface area contributed by atoms with Crippen LogP contribution in [0.15, 0.2) is 35.5 Å². The van der Waals surface area contributed by atoms with Crippen LogP contribution in [0.3, 0.4) is 0 Å². The Morgan fingerprint density at radius 1 is 1.19 bits per heavy atom. The molecule has 6 rings (SSSR count). The highest BCUT2D eigenvalue weighted by molar-refractivity contribution is 6.06. The fourth-order valence-electron chi connectivity index (χ4n) is 5.11. The van der Waals surface area contributed by atoms with Gasteiger partial charge >= 0.3 is 5.69 Å². The lowest BCUT2D eigenvalue weighted by Gasteiger charge is -2.37. The number of nitro benzene ring substituents is 1. The molecule has 2 bridgehead atoms. The third kappa shape index (κ3) is 2.19. The molecule has 1 aliphatic heterocycles. The Kier molecular flexibility index (Phi) is 3.28. The summed E-state index contributed by atoms with van der Waals surface area (Å²) in [6, 6.07) is 4.36. The Bertz CT molecular complexity index is 903. The molecule has 8 nitrogen and oxygen atoms in total. The number of hydrazone groups is 1. The van der Waals surface area contributed by atoms with Crippen LogP contribution in [-0.4, -0.2) is 35.1 Å². The summed E-state index contributed by atoms with van der Waals surface area (Å²) in [5.41, 5.74) is 0.221. The molecular formula is C19H17N3O5. The zero-order valence-corrected chi connectivity index (χ0v) is 14.5. The van der Waals surface area contributed by atoms with Crippen LogP contribution in [0.2, 0.25) is 0 Å². The van der Waals surface area contributed by atoms with E-state index in [1.807, 2.05) is 0 Å². The summed E-state index contributed by atoms with van der Waals surface area (Å²) < 4.78 is 4.97. The Labute approximate surface area is 154 Å². The third-order valence-electron chi connectivity index (χ3n) is 6.36. The number of methoxy groups -OCH3 is 1. The number of ether oxygens (including phenoxy) is 1. The summed E-state index contributed by atoms with van der Waals surface area (Å²) in [5.74, 6) is 0.364. The maximum atomic E-state index is 12.8. The van der Waals surface area contributed by atoms with E-state index in [1.54, 1.807) is 6.07 Å². The zero-order valence-electron chi connectivity index (χ0n) is 14.5. The lowest BCUT2D eigenvalue weighted by molar-refractivity contribution is -0.385. The highest BCUT2D eigenvalue weighted by Crippen LogP contribution is 2.65. The van der Waals surface area contributed by atoms with Crippen molar-refractivity contribution in [1.29, 1.82) is 0 Å². The van der Waals surface area contributed by atoms with Gasteiger partial charge in [0.05, 0.1) is 30.1 Å². The van der Waals surface area contributed by atoms with Crippen molar-refractivity contribution in [3.8, 4) is 5.75 Å². The van der Waals surface area contributed by atoms with Crippen molar-refractivity contribution in [3.05, 3.63) is 46.0 Å². The van der Waals surface area contributed by atoms with Gasteiger partial charge in [-0.3, -0.25) is 19.7 Å². The zero-order chi connectivity index (χ0) is 18.9. The average Bonchev–Trinajstić information content (AvgIpc) is 3.45. The third-order valence-corrected chi connectivity index (χ3v) is 6.36. The van der Waals surface area contributed by atoms with Gasteiger partial charge in [-0.25, -0.2) is 0 Å². The van der Waals surface area contributed by atoms with Crippen LogP contribution in [0.25, 0.3) is 0 Å². The number of hydrogen-bond acceptors (Lipinski definition) is 6. The predicted molar refractivity (Wildman–Crippen MR) is 93.8 cm³/mol. The summed E-state index contributed by atoms with van der Waals surface area (Å²) in [7, 11) is 1.35. The van der Waals surface area contributed by atoms with E-state index < -0.39 is 4.92 Å². The minimum Gasteiger partial charge on any atom is -0.490 e. The van der Waals surface area contributed by atoms with Gasteiger partial charge in [0.15, 0.2) is 5.75 Å². The summed E-state index contributed by atoms with van der Waals surface area (Å²) in [5, 5.41) is 16.2. The van der Waals surface area contributed by atoms with Crippen LogP contribution in [0.4, 0.5) is 5.69 Å². The van der Waals surface area contributed by atoms with Crippen molar-refractivity contribution in [1.82, 2.24) is 5.01 Å². The molecule has 0 unspecified atom stereocenters. The molecule has 0 spiro atoms. The van der Waals surface area contributed by atoms with Crippen LogP contribution in [0.5, 0.6) is 5.75 Å². The lowest BCUT2D eigenvalue weighted by Crippen LogP contribution is -2.40. The van der Waals surface area contributed by atoms with E-state index in [0.717, 1.165) is 11.4 Å². The van der Waals surface area contributed by atoms with Gasteiger partial charge in [0.2, 0.25) is 0 Å². The number of carbonyl (C=O) groups is 2. The fourth-order valence-corrected chi connectivity index (χ4v) is 5.11. The van der Waals surface area contributed by atoms with Gasteiger partial charge in [-0.15, -0.1) is 0 Å². The lowest BCUT2D eigenvalue weighted by atomic mass is 9.63. The van der Waals surface area contributed by atoms with Crippen molar-refractivity contribution in [2.75, 3.05) is 7.11 Å². The number of carbonyl (C=O) groups excluding carboxylic acids is 2. The van der Waals surface area contributed by atoms with E-state index in [1.165, 1.54) is 25.5 Å². The van der Waals surface area contributed by atoms with Gasteiger partial charge < -0.3 is 4.74 Å². The van der Waals surface area contributed by atoms with Gasteiger partial charge in [0.1, 0.15) is 0 Å². The van der Waals surface area contributed by atoms with Crippen molar-refractivity contribution < 1.29 is 19.2 Å². The highest BCUT2D eigenvalue weighted by atomic mass is 16.6. The molecule has 27 heavy (non-hydrogen) atoms. The van der Waals surface area contributed by atoms with Crippen LogP contribution < -0.4 is 4.74 Å². The van der Waals surface area contributed by atoms with Crippen LogP contribution in [0, 0.1) is 45.6 Å². The first-order valence-corrected chi connectivity index (χ1v) is 8.94. The van der Waals surface area contributed by atoms with Gasteiger partial charge in [-0.1, -0.05) is 12.2 Å². The summed E-state index contributed by atoms with van der Waals surface area (Å²) in [6.45, 7) is 0. The molecule has 138 valence electrons. The number of allylic oxidation sites excluding steroid dienone is 2. The first-order valence-electron chi connectivity index (χ1n) is 8.94. The van der Waals surface area contributed by atoms with E-state index in [-0.39, 0.29) is 46.9 Å². The molecule has 3 fully saturated rings. The molecule has 5 aliphatic rings. The van der Waals surface area contributed by atoms with Crippen molar-refractivity contribution in [2.24, 2.45) is 40.6 Å². The van der Waals surface area contributed by atoms with E-state index in [4.69, 9.17) is 4.74 Å². The highest BCUT2D eigenvalue weighted by Gasteiger charge is 2.67. The molecule has 4 aliphatic carbocycles. The van der Waals surface area contributed by atoms with Crippen LogP contribution >= 0.6 is 0 Å². The van der Waals surface area contributed by atoms with Gasteiger partial charge in [-0.2, -0.15) is 10.1 Å². The molecule has 2 saturated carbocycles. The molecule has 6 atom stereocenters. The van der Waals surface area contributed by atoms with Crippen molar-refractivity contribution >= 4 is 23.7 Å². The summed E-state index contributed by atoms with van der Waals surface area (Å²) in [4.78, 5) is 36.2. The Morgan fingerprint density at radius 2 is 1.81 bits per heavy atom. The standard InChI is InChI=1S/C19H17N3O5/c1-27-15-5-2-9(6-14(15)22(25)26)8-20-21-18(23)16-10-3-4-11(13-7-12(10)13)17(16)19(21)24/h2-6,8,10-13,16-17H,7H2,1H3/b20-8-/t10-,11-,12-,13-,16+,17+/m1/s1. The number of benzene rings is 1. The number of rotatable bonds is 4. The van der Waals surface area contributed by atoms with Crippen molar-refractivity contribution in [2.45, 2.75) is 6.42 Å². The van der Waals surface area contributed by atoms with Gasteiger partial charge in [0, 0.05) is 11.6 Å². The first-order chi connectivity index (χ1) is 13.0. The Hall–Kier alpha value is -3.03. The first kappa shape index (κ1) is 16.2. The number of nitro groups is 1. The largest absolute Gasteiger partial charge is 0.490 e. The van der Waals surface area contributed by atoms with Crippen molar-refractivity contribution in [3.63, 3.8) is 0 Å². The van der Waals surface area contributed by atoms with Gasteiger partial charge in [0.25, 0.3) is 11.8 Å². The maximum absolute atomic E-state index is 12.8. The molecule has 1 aromatic carbocycles. The summed E-state index contributed by atoms with van der Waals surface area (Å²) in [6.07, 6.45) is 6.63. The second-order valence-corrected chi connectivity index (χ2v) is 7.58. The number of amides is 2. The smallest absolute Gasteiger partial charge is 0.311 e. The van der Waals surface area contributed by atoms with E-state index in [0.29, 0.717) is 17.4 Å². The molecule has 2 amide bonds. The monoisotopic (exact) mass is 367 g/mol. The quantitative estimate of drug-likeness (QED) is 0.266. The average molecular weight is 367 g/mol. The number of hydrogen-bond donors (Lipinski definition) is 0. The van der Waals surface area contributed by atoms with E-state index in [9.17, 15) is 19.7 Å². The molecule has 0 radical (unpaired) electrons. The number of imide groups is 1. The molecular weight excluding hydrogens is 350 g/mol. The Balaban J connectivity index is 1.42. The number of nitrogens with zero attached hydrogens (tertiary/aromatic N) is 3. The molecule has 1 heterocycles. The second kappa shape index (κ2) is 5.48. The maximum Gasteiger partial charge on any atom is 0.311 e. The second-order valence-electron chi connectivity index (χ2n) is 7.58. The molecule has 0 N–H and O–H groups in total. The van der Waals surface area contributed by atoms with E-state index >= 15 is 0 Å². The molecule has 1 aromatic rings. The molecule has 8 heteroatoms. The molecule has 0 aromatic heterocycles. The minimum atomic E-state index is -0.549. The fraction of sp³-hybridized carbons (Fsp3) is 0.421. The summed E-state index contributed by atoms with van der Waals surface area (Å²) >= 11 is 0. The normalized spacial score (nSPS) is 35.5. The minimum absolute atomic E-state index is 0.137. The van der Waals surface area contributed by atoms with Crippen LogP contribution in [0.1, 0.15) is 12.0 Å². The topological polar surface area (TPSA) is 102 Å². The Morgan fingerprint density at radius 3 is 2.37 bits per heavy atom. The predicted octanol–water partition coefficient (Wildman–Crippen LogP) is 1.99. The molecule has 1 saturated heterocycles. The SMILES string of the molecule is COc1ccc(/C=N\N2C(=O)[C@H]3[C@@H]4C=C[C@H]([C@H]5C[C@H]45)[C@@H]3C2=O)cc1[N+](=O)[O-]. The van der Waals surface area contributed by atoms with E-state index in [2.05, 4.69) is 17.3 Å².